The molecule has 0 aliphatic rings. The molecule has 7 nitrogen and oxygen atoms in total. The predicted octanol–water partition coefficient (Wildman–Crippen LogP) is 6.92. The van der Waals surface area contributed by atoms with Gasteiger partial charge in [0.25, 0.3) is 0 Å². The molecule has 0 bridgehead atoms. The van der Waals surface area contributed by atoms with Crippen LogP contribution >= 0.6 is 42.1 Å². The van der Waals surface area contributed by atoms with Gasteiger partial charge >= 0.3 is 13.6 Å². The molecule has 1 amide bonds. The largest absolute Gasteiger partial charge is 0.438 e. The van der Waals surface area contributed by atoms with Gasteiger partial charge < -0.3 is 14.9 Å². The van der Waals surface area contributed by atoms with Gasteiger partial charge in [-0.05, 0) is 79.6 Å². The van der Waals surface area contributed by atoms with Gasteiger partial charge in [-0.3, -0.25) is 18.7 Å². The summed E-state index contributed by atoms with van der Waals surface area (Å²) in [4.78, 5) is 36.0. The van der Waals surface area contributed by atoms with E-state index in [2.05, 4.69) is 5.32 Å². The lowest BCUT2D eigenvalue weighted by molar-refractivity contribution is -0.159. The molecule has 2 atom stereocenters. The number of esters is 1. The number of thiophene rings is 1. The molecule has 2 N–H and O–H groups in total. The van der Waals surface area contributed by atoms with Crippen LogP contribution in [0, 0.1) is 11.2 Å². The Morgan fingerprint density at radius 3 is 2.56 bits per heavy atom. The molecule has 1 heterocycles. The number of nitrogens with one attached hydrogen (secondary N) is 1. The van der Waals surface area contributed by atoms with Gasteiger partial charge in [-0.15, -0.1) is 11.3 Å². The molecule has 36 heavy (non-hydrogen) atoms. The average molecular weight is 574 g/mol. The van der Waals surface area contributed by atoms with Crippen molar-refractivity contribution in [2.45, 2.75) is 26.4 Å². The first-order chi connectivity index (χ1) is 16.8. The van der Waals surface area contributed by atoms with Crippen LogP contribution in [0.5, 0.6) is 0 Å². The maximum atomic E-state index is 14.0. The monoisotopic (exact) mass is 573 g/mol. The van der Waals surface area contributed by atoms with E-state index in [1.165, 1.54) is 35.6 Å². The first-order valence-electron chi connectivity index (χ1n) is 10.5. The van der Waals surface area contributed by atoms with Crippen LogP contribution in [-0.4, -0.2) is 23.6 Å². The summed E-state index contributed by atoms with van der Waals surface area (Å²) in [5.74, 6) is -2.12. The molecule has 2 unspecified atom stereocenters. The Kier molecular flexibility index (Phi) is 8.98. The topological polar surface area (TPSA) is 102 Å². The van der Waals surface area contributed by atoms with Crippen LogP contribution in [0.25, 0.3) is 16.2 Å². The van der Waals surface area contributed by atoms with Gasteiger partial charge in [-0.1, -0.05) is 23.2 Å². The van der Waals surface area contributed by atoms with Crippen LogP contribution in [0.3, 0.4) is 0 Å². The van der Waals surface area contributed by atoms with E-state index in [0.717, 1.165) is 10.9 Å². The third-order valence-electron chi connectivity index (χ3n) is 4.92. The summed E-state index contributed by atoms with van der Waals surface area (Å²) in [6.07, 6.45) is 2.39. The van der Waals surface area contributed by atoms with Crippen molar-refractivity contribution in [2.24, 2.45) is 5.41 Å². The summed E-state index contributed by atoms with van der Waals surface area (Å²) < 4.78 is 38.0. The minimum atomic E-state index is -4.76. The van der Waals surface area contributed by atoms with E-state index in [0.29, 0.717) is 15.4 Å². The summed E-state index contributed by atoms with van der Waals surface area (Å²) in [6.45, 7) is 4.00. The van der Waals surface area contributed by atoms with Crippen molar-refractivity contribution in [3.8, 4) is 0 Å². The van der Waals surface area contributed by atoms with Crippen molar-refractivity contribution in [3.05, 3.63) is 75.0 Å². The Labute approximate surface area is 221 Å². The van der Waals surface area contributed by atoms with Gasteiger partial charge in [-0.25, -0.2) is 4.39 Å². The smallest absolute Gasteiger partial charge is 0.347 e. The lowest BCUT2D eigenvalue weighted by Crippen LogP contribution is -2.27. The minimum Gasteiger partial charge on any atom is -0.438 e. The fraction of sp³-hybridized carbons (Fsp3) is 0.250. The summed E-state index contributed by atoms with van der Waals surface area (Å²) >= 11 is 13.2. The number of carbonyl (C=O) groups is 2. The van der Waals surface area contributed by atoms with Gasteiger partial charge in [0, 0.05) is 26.5 Å². The number of carbonyl (C=O) groups excluding carboxylic acids is 2. The van der Waals surface area contributed by atoms with E-state index in [-0.39, 0.29) is 11.1 Å². The summed E-state index contributed by atoms with van der Waals surface area (Å²) in [5.41, 5.74) is -2.26. The zero-order valence-electron chi connectivity index (χ0n) is 19.5. The Morgan fingerprint density at radius 2 is 1.86 bits per heavy atom. The van der Waals surface area contributed by atoms with Crippen molar-refractivity contribution in [3.63, 3.8) is 0 Å². The molecule has 0 fully saturated rings. The Hall–Kier alpha value is -2.26. The number of amides is 1. The van der Waals surface area contributed by atoms with E-state index in [1.807, 2.05) is 0 Å². The van der Waals surface area contributed by atoms with E-state index in [1.54, 1.807) is 44.4 Å². The zero-order chi connectivity index (χ0) is 26.7. The second-order valence-electron chi connectivity index (χ2n) is 8.73. The van der Waals surface area contributed by atoms with Gasteiger partial charge in [-0.2, -0.15) is 0 Å². The maximum absolute atomic E-state index is 14.0. The van der Waals surface area contributed by atoms with Crippen LogP contribution in [0.15, 0.2) is 48.0 Å². The van der Waals surface area contributed by atoms with E-state index in [9.17, 15) is 23.4 Å². The number of benzene rings is 2. The van der Waals surface area contributed by atoms with Crippen molar-refractivity contribution in [1.82, 2.24) is 5.32 Å². The van der Waals surface area contributed by atoms with Gasteiger partial charge in [0.05, 0.1) is 5.41 Å². The summed E-state index contributed by atoms with van der Waals surface area (Å²) in [7, 11) is -4.76. The molecule has 0 radical (unpaired) electrons. The van der Waals surface area contributed by atoms with E-state index in [4.69, 9.17) is 32.5 Å². The first kappa shape index (κ1) is 28.3. The number of ether oxygens (including phenoxy) is 1. The summed E-state index contributed by atoms with van der Waals surface area (Å²) in [6, 6.07) is 8.85. The minimum absolute atomic E-state index is 0.102. The quantitative estimate of drug-likeness (QED) is 0.172. The number of rotatable bonds is 8. The highest BCUT2D eigenvalue weighted by Crippen LogP contribution is 2.58. The first-order valence-corrected chi connectivity index (χ1v) is 13.8. The molecule has 12 heteroatoms. The highest BCUT2D eigenvalue weighted by atomic mass is 35.5. The van der Waals surface area contributed by atoms with Crippen molar-refractivity contribution < 1.29 is 32.7 Å². The SMILES string of the molecule is CC(C)(C)C(=O)OCOP(=O)(O)C(C(=O)NC=Cc1cc(Cl)ccc1F)c1csc2ccc(Cl)cc12. The molecule has 1 aromatic heterocycles. The molecule has 3 aromatic rings. The number of hydrogen-bond acceptors (Lipinski definition) is 6. The Balaban J connectivity index is 1.90. The van der Waals surface area contributed by atoms with Crippen molar-refractivity contribution in [2.75, 3.05) is 6.79 Å². The average Bonchev–Trinajstić information content (AvgIpc) is 3.17. The van der Waals surface area contributed by atoms with Crippen molar-refractivity contribution >= 4 is 70.2 Å². The highest BCUT2D eigenvalue weighted by Gasteiger charge is 2.42. The molecule has 0 spiro atoms. The molecular weight excluding hydrogens is 551 g/mol. The molecule has 0 aliphatic carbocycles. The lowest BCUT2D eigenvalue weighted by atomic mass is 9.98. The van der Waals surface area contributed by atoms with Crippen LogP contribution in [0.2, 0.25) is 10.0 Å². The standard InChI is InChI=1S/C24H23Cl2FNO6PS/c1-24(2,3)23(30)33-13-34-35(31,32)21(18-12-36-20-7-5-16(26)11-17(18)20)22(29)28-9-8-14-10-15(25)4-6-19(14)27/h4-12,21H,13H2,1-3H3,(H,28,29)(H,31,32). The van der Waals surface area contributed by atoms with Gasteiger partial charge in [0.2, 0.25) is 12.7 Å². The van der Waals surface area contributed by atoms with Crippen LogP contribution < -0.4 is 5.32 Å². The highest BCUT2D eigenvalue weighted by molar-refractivity contribution is 7.54. The number of hydrogen-bond donors (Lipinski definition) is 2. The third kappa shape index (κ3) is 6.94. The summed E-state index contributed by atoms with van der Waals surface area (Å²) in [5, 5.41) is 5.10. The van der Waals surface area contributed by atoms with Crippen LogP contribution in [0.1, 0.15) is 37.6 Å². The van der Waals surface area contributed by atoms with Gasteiger partial charge in [0.15, 0.2) is 5.66 Å². The fourth-order valence-electron chi connectivity index (χ4n) is 3.08. The Morgan fingerprint density at radius 1 is 1.19 bits per heavy atom. The number of halogens is 3. The molecule has 0 aliphatic heterocycles. The van der Waals surface area contributed by atoms with Crippen LogP contribution in [0.4, 0.5) is 4.39 Å². The molecule has 3 rings (SSSR count). The third-order valence-corrected chi connectivity index (χ3v) is 8.01. The van der Waals surface area contributed by atoms with E-state index < -0.39 is 43.2 Å². The van der Waals surface area contributed by atoms with Crippen LogP contribution in [-0.2, 0) is 23.4 Å². The molecule has 2 aromatic carbocycles. The second-order valence-corrected chi connectivity index (χ2v) is 12.4. The Bertz CT molecular complexity index is 1370. The van der Waals surface area contributed by atoms with Gasteiger partial charge in [0.1, 0.15) is 5.82 Å². The van der Waals surface area contributed by atoms with E-state index >= 15 is 0 Å². The zero-order valence-corrected chi connectivity index (χ0v) is 22.7. The molecule has 0 saturated heterocycles. The predicted molar refractivity (Wildman–Crippen MR) is 139 cm³/mol. The van der Waals surface area contributed by atoms with Crippen molar-refractivity contribution in [1.29, 1.82) is 0 Å². The molecule has 192 valence electrons. The normalized spacial score (nSPS) is 14.5. The molecular formula is C24H23Cl2FNO6PS. The molecule has 0 saturated carbocycles. The second kappa shape index (κ2) is 11.4. The fourth-order valence-corrected chi connectivity index (χ4v) is 5.79. The number of fused-ring (bicyclic) bond motifs is 1. The lowest BCUT2D eigenvalue weighted by Gasteiger charge is -2.22. The maximum Gasteiger partial charge on any atom is 0.347 e.